The molecule has 0 aromatic heterocycles. The van der Waals surface area contributed by atoms with Crippen molar-refractivity contribution in [3.63, 3.8) is 0 Å². The molecule has 0 saturated heterocycles. The van der Waals surface area contributed by atoms with Crippen molar-refractivity contribution in [2.45, 2.75) is 46.1 Å². The Labute approximate surface area is 108 Å². The van der Waals surface area contributed by atoms with Crippen molar-refractivity contribution in [1.82, 2.24) is 0 Å². The van der Waals surface area contributed by atoms with E-state index in [1.807, 2.05) is 0 Å². The average Bonchev–Trinajstić information content (AvgIpc) is 2.25. The van der Waals surface area contributed by atoms with Crippen LogP contribution in [-0.4, -0.2) is 6.04 Å². The van der Waals surface area contributed by atoms with E-state index >= 15 is 0 Å². The monoisotopic (exact) mass is 253 g/mol. The van der Waals surface area contributed by atoms with Gasteiger partial charge in [0.2, 0.25) is 0 Å². The van der Waals surface area contributed by atoms with Crippen LogP contribution in [0.3, 0.4) is 0 Å². The van der Waals surface area contributed by atoms with Gasteiger partial charge in [0, 0.05) is 6.04 Å². The van der Waals surface area contributed by atoms with Crippen molar-refractivity contribution in [3.05, 3.63) is 29.8 Å². The third kappa shape index (κ3) is 2.82. The molecule has 3 heteroatoms. The Bertz CT molecular complexity index is 408. The average molecular weight is 253 g/mol. The number of benzene rings is 1. The number of halogens is 2. The number of para-hydroxylation sites is 1. The minimum Gasteiger partial charge on any atom is -0.377 e. The molecule has 1 aromatic rings. The van der Waals surface area contributed by atoms with Gasteiger partial charge < -0.3 is 5.32 Å². The summed E-state index contributed by atoms with van der Waals surface area (Å²) in [6, 6.07) is 4.14. The minimum absolute atomic E-state index is 0.0223. The largest absolute Gasteiger partial charge is 0.377 e. The highest BCUT2D eigenvalue weighted by Crippen LogP contribution is 2.39. The highest BCUT2D eigenvalue weighted by Gasteiger charge is 2.32. The van der Waals surface area contributed by atoms with Crippen LogP contribution in [0.2, 0.25) is 0 Å². The lowest BCUT2D eigenvalue weighted by atomic mass is 9.70. The molecular formula is C15H21F2N. The van der Waals surface area contributed by atoms with Crippen molar-refractivity contribution in [1.29, 1.82) is 0 Å². The Morgan fingerprint density at radius 2 is 1.83 bits per heavy atom. The van der Waals surface area contributed by atoms with Gasteiger partial charge in [-0.3, -0.25) is 0 Å². The number of hydrogen-bond donors (Lipinski definition) is 1. The standard InChI is InChI=1S/C15H21F2N/c1-10-9-15(2,3)8-7-13(10)18-14-11(16)5-4-6-12(14)17/h4-6,10,13,18H,7-9H2,1-3H3. The van der Waals surface area contributed by atoms with Crippen molar-refractivity contribution >= 4 is 5.69 Å². The van der Waals surface area contributed by atoms with Crippen LogP contribution >= 0.6 is 0 Å². The van der Waals surface area contributed by atoms with Crippen molar-refractivity contribution < 1.29 is 8.78 Å². The maximum atomic E-state index is 13.6. The molecule has 2 unspecified atom stereocenters. The molecule has 0 bridgehead atoms. The molecule has 1 aromatic carbocycles. The number of anilines is 1. The molecule has 2 rings (SSSR count). The van der Waals surface area contributed by atoms with Gasteiger partial charge in [0.05, 0.1) is 0 Å². The summed E-state index contributed by atoms with van der Waals surface area (Å²) in [6.07, 6.45) is 3.13. The van der Waals surface area contributed by atoms with Crippen LogP contribution in [-0.2, 0) is 0 Å². The molecule has 1 fully saturated rings. The lowest BCUT2D eigenvalue weighted by molar-refractivity contribution is 0.176. The van der Waals surface area contributed by atoms with Crippen molar-refractivity contribution in [2.75, 3.05) is 5.32 Å². The lowest BCUT2D eigenvalue weighted by Gasteiger charge is -2.40. The summed E-state index contributed by atoms with van der Waals surface area (Å²) in [5.41, 5.74) is 0.361. The fourth-order valence-corrected chi connectivity index (χ4v) is 2.98. The second-order valence-electron chi connectivity index (χ2n) is 6.23. The van der Waals surface area contributed by atoms with Crippen LogP contribution < -0.4 is 5.32 Å². The van der Waals surface area contributed by atoms with Gasteiger partial charge in [-0.1, -0.05) is 26.8 Å². The second kappa shape index (κ2) is 4.87. The quantitative estimate of drug-likeness (QED) is 0.812. The molecule has 100 valence electrons. The molecule has 1 aliphatic carbocycles. The van der Waals surface area contributed by atoms with Crippen LogP contribution in [0.4, 0.5) is 14.5 Å². The summed E-state index contributed by atoms with van der Waals surface area (Å²) in [6.45, 7) is 6.66. The van der Waals surface area contributed by atoms with E-state index in [4.69, 9.17) is 0 Å². The summed E-state index contributed by atoms with van der Waals surface area (Å²) in [5.74, 6) is -0.591. The first-order valence-corrected chi connectivity index (χ1v) is 6.59. The predicted molar refractivity (Wildman–Crippen MR) is 70.6 cm³/mol. The Morgan fingerprint density at radius 3 is 2.39 bits per heavy atom. The fourth-order valence-electron chi connectivity index (χ4n) is 2.98. The zero-order valence-corrected chi connectivity index (χ0v) is 11.3. The number of hydrogen-bond acceptors (Lipinski definition) is 1. The Hall–Kier alpha value is -1.12. The van der Waals surface area contributed by atoms with Crippen LogP contribution in [0, 0.1) is 23.0 Å². The van der Waals surface area contributed by atoms with Crippen molar-refractivity contribution in [3.8, 4) is 0 Å². The topological polar surface area (TPSA) is 12.0 Å². The van der Waals surface area contributed by atoms with Gasteiger partial charge >= 0.3 is 0 Å². The predicted octanol–water partition coefficient (Wildman–Crippen LogP) is 4.59. The van der Waals surface area contributed by atoms with Gasteiger partial charge in [-0.25, -0.2) is 8.78 Å². The molecule has 18 heavy (non-hydrogen) atoms. The van der Waals surface area contributed by atoms with Gasteiger partial charge in [-0.2, -0.15) is 0 Å². The van der Waals surface area contributed by atoms with E-state index < -0.39 is 11.6 Å². The second-order valence-corrected chi connectivity index (χ2v) is 6.23. The van der Waals surface area contributed by atoms with E-state index in [0.717, 1.165) is 19.3 Å². The molecule has 1 aliphatic rings. The van der Waals surface area contributed by atoms with Crippen LogP contribution in [0.1, 0.15) is 40.0 Å². The smallest absolute Gasteiger partial charge is 0.149 e. The van der Waals surface area contributed by atoms with Crippen LogP contribution in [0.25, 0.3) is 0 Å². The van der Waals surface area contributed by atoms with Gasteiger partial charge in [0.1, 0.15) is 17.3 Å². The van der Waals surface area contributed by atoms with E-state index in [0.29, 0.717) is 11.3 Å². The highest BCUT2D eigenvalue weighted by atomic mass is 19.1. The molecule has 0 aliphatic heterocycles. The summed E-state index contributed by atoms with van der Waals surface area (Å²) >= 11 is 0. The Kier molecular flexibility index (Phi) is 3.60. The normalized spacial score (nSPS) is 26.9. The molecule has 2 atom stereocenters. The molecule has 0 heterocycles. The highest BCUT2D eigenvalue weighted by molar-refractivity contribution is 5.47. The number of rotatable bonds is 2. The van der Waals surface area contributed by atoms with Crippen molar-refractivity contribution in [2.24, 2.45) is 11.3 Å². The lowest BCUT2D eigenvalue weighted by Crippen LogP contribution is -2.37. The summed E-state index contributed by atoms with van der Waals surface area (Å²) in [7, 11) is 0. The van der Waals surface area contributed by atoms with E-state index in [9.17, 15) is 8.78 Å². The summed E-state index contributed by atoms with van der Waals surface area (Å²) < 4.78 is 27.2. The summed E-state index contributed by atoms with van der Waals surface area (Å²) in [5, 5.41) is 3.05. The third-order valence-electron chi connectivity index (χ3n) is 3.99. The van der Waals surface area contributed by atoms with E-state index in [1.54, 1.807) is 0 Å². The fraction of sp³-hybridized carbons (Fsp3) is 0.600. The minimum atomic E-state index is -0.507. The van der Waals surface area contributed by atoms with Gasteiger partial charge in [-0.15, -0.1) is 0 Å². The van der Waals surface area contributed by atoms with Crippen LogP contribution in [0.15, 0.2) is 18.2 Å². The molecule has 1 nitrogen and oxygen atoms in total. The zero-order valence-electron chi connectivity index (χ0n) is 11.3. The summed E-state index contributed by atoms with van der Waals surface area (Å²) in [4.78, 5) is 0. The van der Waals surface area contributed by atoms with Gasteiger partial charge in [0.15, 0.2) is 0 Å². The van der Waals surface area contributed by atoms with E-state index in [2.05, 4.69) is 26.1 Å². The Morgan fingerprint density at radius 1 is 1.22 bits per heavy atom. The molecule has 0 radical (unpaired) electrons. The maximum absolute atomic E-state index is 13.6. The van der Waals surface area contributed by atoms with Gasteiger partial charge in [-0.05, 0) is 42.7 Å². The molecule has 0 amide bonds. The SMILES string of the molecule is CC1CC(C)(C)CCC1Nc1c(F)cccc1F. The maximum Gasteiger partial charge on any atom is 0.149 e. The molecular weight excluding hydrogens is 232 g/mol. The molecule has 1 saturated carbocycles. The first-order chi connectivity index (χ1) is 8.39. The molecule has 0 spiro atoms. The Balaban J connectivity index is 2.11. The van der Waals surface area contributed by atoms with E-state index in [-0.39, 0.29) is 11.7 Å². The number of nitrogens with one attached hydrogen (secondary N) is 1. The van der Waals surface area contributed by atoms with Gasteiger partial charge in [0.25, 0.3) is 0 Å². The zero-order chi connectivity index (χ0) is 13.3. The molecule has 1 N–H and O–H groups in total. The van der Waals surface area contributed by atoms with Crippen LogP contribution in [0.5, 0.6) is 0 Å². The first kappa shape index (κ1) is 13.3. The third-order valence-corrected chi connectivity index (χ3v) is 3.99. The first-order valence-electron chi connectivity index (χ1n) is 6.59. The van der Waals surface area contributed by atoms with E-state index in [1.165, 1.54) is 18.2 Å².